The largest absolute Gasteiger partial charge is 0.377 e. The number of aryl methyl sites for hydroxylation is 1. The Morgan fingerprint density at radius 2 is 1.97 bits per heavy atom. The van der Waals surface area contributed by atoms with E-state index in [1.165, 1.54) is 0 Å². The van der Waals surface area contributed by atoms with Gasteiger partial charge in [0.2, 0.25) is 0 Å². The molecule has 1 saturated heterocycles. The minimum atomic E-state index is -0.351. The molecule has 1 fully saturated rings. The number of nitrogens with zero attached hydrogens (tertiary/aromatic N) is 5. The predicted molar refractivity (Wildman–Crippen MR) is 108 cm³/mol. The van der Waals surface area contributed by atoms with E-state index in [1.807, 2.05) is 29.7 Å². The van der Waals surface area contributed by atoms with Gasteiger partial charge in [-0.25, -0.2) is 4.98 Å². The van der Waals surface area contributed by atoms with E-state index in [1.54, 1.807) is 23.1 Å². The first-order chi connectivity index (χ1) is 14.0. The van der Waals surface area contributed by atoms with E-state index < -0.39 is 0 Å². The third kappa shape index (κ3) is 3.01. The predicted octanol–water partition coefficient (Wildman–Crippen LogP) is 3.55. The number of rotatable bonds is 2. The first-order valence-corrected chi connectivity index (χ1v) is 10.0. The molecule has 0 spiro atoms. The molecule has 0 saturated carbocycles. The van der Waals surface area contributed by atoms with Gasteiger partial charge < -0.3 is 14.2 Å². The number of benzene rings is 1. The number of hydrogen-bond acceptors (Lipinski definition) is 5. The summed E-state index contributed by atoms with van der Waals surface area (Å²) in [6.07, 6.45) is 0. The van der Waals surface area contributed by atoms with Crippen LogP contribution in [0.5, 0.6) is 0 Å². The van der Waals surface area contributed by atoms with Crippen molar-refractivity contribution in [2.45, 2.75) is 25.6 Å². The highest BCUT2D eigenvalue weighted by Crippen LogP contribution is 2.37. The molecule has 2 aliphatic rings. The smallest absolute Gasteiger partial charge is 0.256 e. The summed E-state index contributed by atoms with van der Waals surface area (Å²) in [5, 5.41) is 9.38. The van der Waals surface area contributed by atoms with Gasteiger partial charge in [0.1, 0.15) is 11.7 Å². The second-order valence-electron chi connectivity index (χ2n) is 7.18. The standard InChI is InChI=1S/C20H17Cl2N5O2/c1-11-4-2-7-15(23-11)18-24-25-19-16-10-29-9-12(8-26(18)19)27(16)20(28)13-5-3-6-14(21)17(13)22/h2-7,12,16H,8-10H2,1H3. The SMILES string of the molecule is Cc1cccc(-c2nnc3n2CC2COCC3N2C(=O)c2cccc(Cl)c2Cl)n1. The van der Waals surface area contributed by atoms with E-state index in [0.717, 1.165) is 11.4 Å². The summed E-state index contributed by atoms with van der Waals surface area (Å²) in [6.45, 7) is 3.24. The quantitative estimate of drug-likeness (QED) is 0.622. The molecule has 7 nitrogen and oxygen atoms in total. The minimum absolute atomic E-state index is 0.164. The van der Waals surface area contributed by atoms with Crippen LogP contribution in [0.25, 0.3) is 11.5 Å². The molecular formula is C20H17Cl2N5O2. The van der Waals surface area contributed by atoms with Gasteiger partial charge in [-0.2, -0.15) is 0 Å². The number of morpholine rings is 1. The first-order valence-electron chi connectivity index (χ1n) is 9.26. The zero-order chi connectivity index (χ0) is 20.1. The molecule has 0 radical (unpaired) electrons. The fourth-order valence-electron chi connectivity index (χ4n) is 4.00. The van der Waals surface area contributed by atoms with E-state index in [2.05, 4.69) is 15.2 Å². The minimum Gasteiger partial charge on any atom is -0.377 e. The van der Waals surface area contributed by atoms with E-state index in [-0.39, 0.29) is 23.0 Å². The first kappa shape index (κ1) is 18.5. The van der Waals surface area contributed by atoms with Gasteiger partial charge in [0.25, 0.3) is 5.91 Å². The van der Waals surface area contributed by atoms with E-state index in [9.17, 15) is 4.79 Å². The molecule has 148 valence electrons. The highest BCUT2D eigenvalue weighted by Gasteiger charge is 2.44. The third-order valence-corrected chi connectivity index (χ3v) is 6.14. The van der Waals surface area contributed by atoms with Gasteiger partial charge in [-0.3, -0.25) is 4.79 Å². The Kier molecular flexibility index (Phi) is 4.53. The topological polar surface area (TPSA) is 73.1 Å². The lowest BCUT2D eigenvalue weighted by Crippen LogP contribution is -2.56. The van der Waals surface area contributed by atoms with Crippen LogP contribution in [-0.4, -0.2) is 49.8 Å². The summed E-state index contributed by atoms with van der Waals surface area (Å²) in [7, 11) is 0. The van der Waals surface area contributed by atoms with Gasteiger partial charge >= 0.3 is 0 Å². The van der Waals surface area contributed by atoms with Crippen molar-refractivity contribution in [2.75, 3.05) is 13.2 Å². The van der Waals surface area contributed by atoms with Crippen molar-refractivity contribution >= 4 is 29.1 Å². The van der Waals surface area contributed by atoms with E-state index in [4.69, 9.17) is 27.9 Å². The summed E-state index contributed by atoms with van der Waals surface area (Å²) < 4.78 is 7.79. The van der Waals surface area contributed by atoms with Crippen LogP contribution in [0.15, 0.2) is 36.4 Å². The highest BCUT2D eigenvalue weighted by atomic mass is 35.5. The molecule has 2 atom stereocenters. The molecule has 5 rings (SSSR count). The number of aromatic nitrogens is 4. The molecule has 9 heteroatoms. The Balaban J connectivity index is 1.56. The molecule has 0 aliphatic carbocycles. The molecule has 3 aromatic rings. The summed E-state index contributed by atoms with van der Waals surface area (Å²) in [5.74, 6) is 1.21. The number of hydrogen-bond donors (Lipinski definition) is 0. The maximum Gasteiger partial charge on any atom is 0.256 e. The van der Waals surface area contributed by atoms with Crippen molar-refractivity contribution in [2.24, 2.45) is 0 Å². The van der Waals surface area contributed by atoms with Crippen molar-refractivity contribution in [1.29, 1.82) is 0 Å². The monoisotopic (exact) mass is 429 g/mol. The number of fused-ring (bicyclic) bond motifs is 4. The average molecular weight is 430 g/mol. The van der Waals surface area contributed by atoms with E-state index in [0.29, 0.717) is 42.0 Å². The summed E-state index contributed by atoms with van der Waals surface area (Å²) >= 11 is 12.4. The molecular weight excluding hydrogens is 413 g/mol. The fraction of sp³-hybridized carbons (Fsp3) is 0.300. The Hall–Kier alpha value is -2.48. The second-order valence-corrected chi connectivity index (χ2v) is 7.96. The third-order valence-electron chi connectivity index (χ3n) is 5.32. The lowest BCUT2D eigenvalue weighted by Gasteiger charge is -2.45. The zero-order valence-corrected chi connectivity index (χ0v) is 17.1. The zero-order valence-electron chi connectivity index (χ0n) is 15.5. The Morgan fingerprint density at radius 1 is 1.14 bits per heavy atom. The van der Waals surface area contributed by atoms with Crippen LogP contribution < -0.4 is 0 Å². The summed E-state index contributed by atoms with van der Waals surface area (Å²) in [5.41, 5.74) is 2.05. The van der Waals surface area contributed by atoms with Crippen LogP contribution in [0.2, 0.25) is 10.0 Å². The number of halogens is 2. The number of carbonyl (C=O) groups excluding carboxylic acids is 1. The van der Waals surface area contributed by atoms with Crippen molar-refractivity contribution < 1.29 is 9.53 Å². The van der Waals surface area contributed by atoms with Gasteiger partial charge in [-0.05, 0) is 31.2 Å². The van der Waals surface area contributed by atoms with Gasteiger partial charge in [-0.15, -0.1) is 10.2 Å². The number of ether oxygens (including phenoxy) is 1. The number of amides is 1. The van der Waals surface area contributed by atoms with Crippen LogP contribution in [0.3, 0.4) is 0 Å². The molecule has 2 aromatic heterocycles. The maximum atomic E-state index is 13.4. The van der Waals surface area contributed by atoms with Crippen molar-refractivity contribution in [3.8, 4) is 11.5 Å². The molecule has 2 unspecified atom stereocenters. The van der Waals surface area contributed by atoms with Gasteiger partial charge in [-0.1, -0.05) is 35.3 Å². The van der Waals surface area contributed by atoms with E-state index >= 15 is 0 Å². The van der Waals surface area contributed by atoms with Gasteiger partial charge in [0.05, 0.1) is 34.9 Å². The molecule has 1 amide bonds. The van der Waals surface area contributed by atoms with Crippen molar-refractivity contribution in [1.82, 2.24) is 24.6 Å². The van der Waals surface area contributed by atoms with Gasteiger partial charge in [0.15, 0.2) is 11.6 Å². The average Bonchev–Trinajstić information content (AvgIpc) is 3.12. The lowest BCUT2D eigenvalue weighted by molar-refractivity contribution is -0.0569. The number of carbonyl (C=O) groups is 1. The maximum absolute atomic E-state index is 13.4. The Bertz CT molecular complexity index is 1120. The molecule has 0 N–H and O–H groups in total. The Morgan fingerprint density at radius 3 is 2.79 bits per heavy atom. The normalized spacial score (nSPS) is 20.4. The summed E-state index contributed by atoms with van der Waals surface area (Å²) in [6, 6.07) is 10.4. The molecule has 1 aromatic carbocycles. The van der Waals surface area contributed by atoms with Crippen LogP contribution in [0.4, 0.5) is 0 Å². The molecule has 2 bridgehead atoms. The van der Waals surface area contributed by atoms with Crippen LogP contribution in [0, 0.1) is 6.92 Å². The second kappa shape index (κ2) is 7.09. The van der Waals surface area contributed by atoms with Crippen LogP contribution in [0.1, 0.15) is 27.9 Å². The van der Waals surface area contributed by atoms with Crippen LogP contribution in [-0.2, 0) is 11.3 Å². The van der Waals surface area contributed by atoms with Crippen molar-refractivity contribution in [3.63, 3.8) is 0 Å². The van der Waals surface area contributed by atoms with Gasteiger partial charge in [0, 0.05) is 12.2 Å². The Labute approximate surface area is 177 Å². The van der Waals surface area contributed by atoms with Crippen molar-refractivity contribution in [3.05, 3.63) is 63.5 Å². The molecule has 2 aliphatic heterocycles. The molecule has 29 heavy (non-hydrogen) atoms. The highest BCUT2D eigenvalue weighted by molar-refractivity contribution is 6.43. The lowest BCUT2D eigenvalue weighted by atomic mass is 10.0. The fourth-order valence-corrected chi connectivity index (χ4v) is 4.38. The van der Waals surface area contributed by atoms with Crippen LogP contribution >= 0.6 is 23.2 Å². The summed E-state index contributed by atoms with van der Waals surface area (Å²) in [4.78, 5) is 19.8. The molecule has 4 heterocycles. The number of pyridine rings is 1.